The monoisotopic (exact) mass is 414 g/mol. The highest BCUT2D eigenvalue weighted by Gasteiger charge is 2.51. The van der Waals surface area contributed by atoms with Gasteiger partial charge in [-0.15, -0.1) is 0 Å². The van der Waals surface area contributed by atoms with Crippen molar-refractivity contribution in [2.24, 2.45) is 0 Å². The summed E-state index contributed by atoms with van der Waals surface area (Å²) in [5, 5.41) is 4.77. The average molecular weight is 414 g/mol. The molecule has 2 aliphatic rings. The van der Waals surface area contributed by atoms with Crippen molar-refractivity contribution in [1.82, 2.24) is 20.5 Å². The van der Waals surface area contributed by atoms with Crippen molar-refractivity contribution in [3.63, 3.8) is 0 Å². The number of pyridine rings is 1. The number of ether oxygens (including phenoxy) is 1. The lowest BCUT2D eigenvalue weighted by atomic mass is 9.86. The summed E-state index contributed by atoms with van der Waals surface area (Å²) in [6.07, 6.45) is 3.05. The van der Waals surface area contributed by atoms with Crippen molar-refractivity contribution in [3.05, 3.63) is 66.0 Å². The Morgan fingerprint density at radius 2 is 2.10 bits per heavy atom. The van der Waals surface area contributed by atoms with E-state index in [0.29, 0.717) is 11.1 Å². The maximum Gasteiger partial charge on any atom is 0.387 e. The number of alkyl halides is 2. The Bertz CT molecular complexity index is 1060. The van der Waals surface area contributed by atoms with Gasteiger partial charge in [-0.2, -0.15) is 8.78 Å². The largest absolute Gasteiger partial charge is 0.435 e. The summed E-state index contributed by atoms with van der Waals surface area (Å²) in [6, 6.07) is 6.73. The lowest BCUT2D eigenvalue weighted by Crippen LogP contribution is -2.56. The van der Waals surface area contributed by atoms with E-state index in [-0.39, 0.29) is 30.0 Å². The lowest BCUT2D eigenvalue weighted by Gasteiger charge is -2.32. The summed E-state index contributed by atoms with van der Waals surface area (Å²) in [6.45, 7) is 0.891. The molecule has 1 fully saturated rings. The molecule has 0 saturated carbocycles. The maximum absolute atomic E-state index is 12.9. The van der Waals surface area contributed by atoms with E-state index in [1.165, 1.54) is 29.3 Å². The van der Waals surface area contributed by atoms with Crippen molar-refractivity contribution in [2.75, 3.05) is 6.54 Å². The molecular weight excluding hydrogens is 398 g/mol. The third-order valence-electron chi connectivity index (χ3n) is 5.08. The van der Waals surface area contributed by atoms with E-state index in [2.05, 4.69) is 26.9 Å². The molecule has 1 saturated heterocycles. The molecule has 0 radical (unpaired) electrons. The third-order valence-corrected chi connectivity index (χ3v) is 5.08. The highest BCUT2D eigenvalue weighted by atomic mass is 19.3. The zero-order valence-corrected chi connectivity index (χ0v) is 15.5. The number of rotatable bonds is 6. The number of nitrogens with one attached hydrogen (secondary N) is 2. The first-order valence-electron chi connectivity index (χ1n) is 8.90. The number of carbonyl (C=O) groups is 3. The van der Waals surface area contributed by atoms with Crippen LogP contribution in [0.2, 0.25) is 0 Å². The zero-order chi connectivity index (χ0) is 21.5. The zero-order valence-electron chi connectivity index (χ0n) is 15.5. The summed E-state index contributed by atoms with van der Waals surface area (Å²) in [5.74, 6) is -1.26. The molecule has 1 atom stereocenters. The predicted octanol–water partition coefficient (Wildman–Crippen LogP) is 1.93. The summed E-state index contributed by atoms with van der Waals surface area (Å²) >= 11 is 0. The summed E-state index contributed by atoms with van der Waals surface area (Å²) in [4.78, 5) is 42.9. The number of nitrogens with zero attached hydrogens (tertiary/aromatic N) is 2. The van der Waals surface area contributed by atoms with Crippen LogP contribution in [0.3, 0.4) is 0 Å². The number of hydrogen-bond acceptors (Lipinski definition) is 5. The Hall–Kier alpha value is -3.82. The first-order chi connectivity index (χ1) is 14.3. The van der Waals surface area contributed by atoms with Crippen LogP contribution in [0.4, 0.5) is 13.6 Å². The van der Waals surface area contributed by atoms with Gasteiger partial charge in [0.1, 0.15) is 5.75 Å². The molecule has 3 heterocycles. The van der Waals surface area contributed by atoms with Crippen LogP contribution < -0.4 is 15.4 Å². The smallest absolute Gasteiger partial charge is 0.387 e. The second-order valence-corrected chi connectivity index (χ2v) is 6.89. The van der Waals surface area contributed by atoms with E-state index in [1.807, 2.05) is 0 Å². The molecule has 10 heteroatoms. The Morgan fingerprint density at radius 3 is 2.73 bits per heavy atom. The number of aromatic nitrogens is 1. The number of urea groups is 1. The van der Waals surface area contributed by atoms with Crippen molar-refractivity contribution in [1.29, 1.82) is 0 Å². The standard InChI is InChI=1S/C20H16F2N4O4/c1-11(12-3-2-6-23-8-12)20(17(28)24-19(29)25-20)10-26-9-13-4-5-14(30-18(21)22)7-15(13)16(26)27/h2-8,18H,1,9-10H2,(H2,24,25,28,29)/t20-/m0/s1. The molecule has 0 spiro atoms. The minimum absolute atomic E-state index is 0.133. The first kappa shape index (κ1) is 19.5. The molecule has 4 rings (SSSR count). The molecule has 154 valence electrons. The van der Waals surface area contributed by atoms with E-state index in [9.17, 15) is 23.2 Å². The summed E-state index contributed by atoms with van der Waals surface area (Å²) in [5.41, 5.74) is -0.0234. The fraction of sp³-hybridized carbons (Fsp3) is 0.200. The van der Waals surface area contributed by atoms with Crippen molar-refractivity contribution >= 4 is 23.4 Å². The van der Waals surface area contributed by atoms with Crippen LogP contribution in [-0.4, -0.2) is 46.4 Å². The van der Waals surface area contributed by atoms with Crippen molar-refractivity contribution < 1.29 is 27.9 Å². The SMILES string of the molecule is C=C(c1cccnc1)[C@]1(CN2Cc3ccc(OC(F)F)cc3C2=O)NC(=O)NC1=O. The van der Waals surface area contributed by atoms with Crippen molar-refractivity contribution in [2.45, 2.75) is 18.7 Å². The number of benzene rings is 1. The van der Waals surface area contributed by atoms with Gasteiger partial charge in [0.15, 0.2) is 5.54 Å². The normalized spacial score (nSPS) is 20.2. The molecule has 0 bridgehead atoms. The molecule has 2 aliphatic heterocycles. The fourth-order valence-electron chi connectivity index (χ4n) is 3.63. The van der Waals surface area contributed by atoms with E-state index in [0.717, 1.165) is 0 Å². The van der Waals surface area contributed by atoms with Gasteiger partial charge in [0.05, 0.1) is 6.54 Å². The highest BCUT2D eigenvalue weighted by Crippen LogP contribution is 2.33. The molecule has 4 amide bonds. The molecule has 1 aromatic carbocycles. The molecule has 2 N–H and O–H groups in total. The van der Waals surface area contributed by atoms with Gasteiger partial charge in [0.25, 0.3) is 11.8 Å². The van der Waals surface area contributed by atoms with Gasteiger partial charge >= 0.3 is 12.6 Å². The number of amides is 4. The van der Waals surface area contributed by atoms with Gasteiger partial charge in [-0.05, 0) is 34.9 Å². The van der Waals surface area contributed by atoms with Crippen LogP contribution >= 0.6 is 0 Å². The van der Waals surface area contributed by atoms with Crippen LogP contribution in [0.1, 0.15) is 21.5 Å². The summed E-state index contributed by atoms with van der Waals surface area (Å²) < 4.78 is 29.3. The molecule has 1 aromatic heterocycles. The molecular formula is C20H16F2N4O4. The number of imide groups is 1. The Balaban J connectivity index is 1.64. The second-order valence-electron chi connectivity index (χ2n) is 6.89. The predicted molar refractivity (Wildman–Crippen MR) is 100 cm³/mol. The van der Waals surface area contributed by atoms with E-state index in [4.69, 9.17) is 0 Å². The molecule has 30 heavy (non-hydrogen) atoms. The minimum Gasteiger partial charge on any atom is -0.435 e. The lowest BCUT2D eigenvalue weighted by molar-refractivity contribution is -0.122. The molecule has 2 aromatic rings. The van der Waals surface area contributed by atoms with Gasteiger partial charge in [-0.25, -0.2) is 4.79 Å². The van der Waals surface area contributed by atoms with Gasteiger partial charge in [0.2, 0.25) is 0 Å². The maximum atomic E-state index is 12.9. The van der Waals surface area contributed by atoms with Gasteiger partial charge in [-0.3, -0.25) is 19.9 Å². The number of fused-ring (bicyclic) bond motifs is 1. The number of hydrogen-bond donors (Lipinski definition) is 2. The van der Waals surface area contributed by atoms with Crippen LogP contribution in [0.25, 0.3) is 5.57 Å². The topological polar surface area (TPSA) is 101 Å². The number of halogens is 2. The van der Waals surface area contributed by atoms with E-state index in [1.54, 1.807) is 18.3 Å². The number of carbonyl (C=O) groups excluding carboxylic acids is 3. The van der Waals surface area contributed by atoms with E-state index >= 15 is 0 Å². The fourth-order valence-corrected chi connectivity index (χ4v) is 3.63. The van der Waals surface area contributed by atoms with Crippen LogP contribution in [-0.2, 0) is 11.3 Å². The minimum atomic E-state index is -3.01. The quantitative estimate of drug-likeness (QED) is 0.704. The second kappa shape index (κ2) is 7.21. The van der Waals surface area contributed by atoms with Gasteiger partial charge in [0, 0.05) is 24.5 Å². The van der Waals surface area contributed by atoms with Crippen LogP contribution in [0.15, 0.2) is 49.3 Å². The highest BCUT2D eigenvalue weighted by molar-refractivity contribution is 6.15. The third kappa shape index (κ3) is 3.25. The Kier molecular flexibility index (Phi) is 4.69. The molecule has 8 nitrogen and oxygen atoms in total. The van der Waals surface area contributed by atoms with Gasteiger partial charge < -0.3 is 15.0 Å². The van der Waals surface area contributed by atoms with Crippen LogP contribution in [0, 0.1) is 0 Å². The molecule has 0 unspecified atom stereocenters. The Morgan fingerprint density at radius 1 is 1.30 bits per heavy atom. The van der Waals surface area contributed by atoms with Gasteiger partial charge in [-0.1, -0.05) is 18.7 Å². The average Bonchev–Trinajstić information content (AvgIpc) is 3.17. The Labute approximate surface area is 169 Å². The van der Waals surface area contributed by atoms with Crippen molar-refractivity contribution in [3.8, 4) is 5.75 Å². The van der Waals surface area contributed by atoms with E-state index < -0.39 is 30.0 Å². The summed E-state index contributed by atoms with van der Waals surface area (Å²) in [7, 11) is 0. The van der Waals surface area contributed by atoms with Crippen LogP contribution in [0.5, 0.6) is 5.75 Å². The molecule has 0 aliphatic carbocycles. The first-order valence-corrected chi connectivity index (χ1v) is 8.90.